The van der Waals surface area contributed by atoms with Gasteiger partial charge < -0.3 is 11.1 Å². The largest absolute Gasteiger partial charge is 0.368 e. The van der Waals surface area contributed by atoms with E-state index in [4.69, 9.17) is 5.73 Å². The molecular weight excluding hydrogens is 244 g/mol. The van der Waals surface area contributed by atoms with Gasteiger partial charge in [-0.1, -0.05) is 20.8 Å². The van der Waals surface area contributed by atoms with Gasteiger partial charge in [0.05, 0.1) is 5.54 Å². The third kappa shape index (κ3) is 3.21. The van der Waals surface area contributed by atoms with Crippen LogP contribution < -0.4 is 11.1 Å². The van der Waals surface area contributed by atoms with Gasteiger partial charge in [0.2, 0.25) is 5.91 Å². The Morgan fingerprint density at radius 3 is 2.50 bits per heavy atom. The fourth-order valence-corrected chi connectivity index (χ4v) is 4.18. The minimum Gasteiger partial charge on any atom is -0.368 e. The standard InChI is InChI=1S/C14H26N2OS/c1-9(2)10(3)18-12-6-7-14(8-12,13(15)17)16-11-4-5-11/h9-12,16H,4-8H2,1-3H3,(H2,15,17). The molecule has 0 radical (unpaired) electrons. The third-order valence-corrected chi connectivity index (χ3v) is 6.11. The van der Waals surface area contributed by atoms with Gasteiger partial charge in [-0.25, -0.2) is 0 Å². The van der Waals surface area contributed by atoms with Gasteiger partial charge in [-0.15, -0.1) is 0 Å². The molecule has 0 bridgehead atoms. The van der Waals surface area contributed by atoms with E-state index in [1.165, 1.54) is 12.8 Å². The lowest BCUT2D eigenvalue weighted by Crippen LogP contribution is -2.54. The van der Waals surface area contributed by atoms with Crippen molar-refractivity contribution < 1.29 is 4.79 Å². The number of thioether (sulfide) groups is 1. The second-order valence-corrected chi connectivity index (χ2v) is 8.00. The molecule has 18 heavy (non-hydrogen) atoms. The molecule has 2 aliphatic rings. The van der Waals surface area contributed by atoms with Crippen molar-refractivity contribution in [3.05, 3.63) is 0 Å². The highest BCUT2D eigenvalue weighted by atomic mass is 32.2. The molecule has 3 unspecified atom stereocenters. The topological polar surface area (TPSA) is 55.1 Å². The summed E-state index contributed by atoms with van der Waals surface area (Å²) in [6.45, 7) is 6.81. The van der Waals surface area contributed by atoms with Crippen LogP contribution in [-0.2, 0) is 4.79 Å². The molecular formula is C14H26N2OS. The Balaban J connectivity index is 1.92. The fraction of sp³-hybridized carbons (Fsp3) is 0.929. The zero-order valence-electron chi connectivity index (χ0n) is 11.7. The van der Waals surface area contributed by atoms with Gasteiger partial charge in [-0.2, -0.15) is 11.8 Å². The molecule has 2 rings (SSSR count). The van der Waals surface area contributed by atoms with Gasteiger partial charge in [-0.3, -0.25) is 4.79 Å². The summed E-state index contributed by atoms with van der Waals surface area (Å²) in [7, 11) is 0. The van der Waals surface area contributed by atoms with Gasteiger partial charge in [0.1, 0.15) is 0 Å². The van der Waals surface area contributed by atoms with E-state index in [2.05, 4.69) is 26.1 Å². The minimum absolute atomic E-state index is 0.144. The van der Waals surface area contributed by atoms with E-state index < -0.39 is 5.54 Å². The number of primary amides is 1. The Hall–Kier alpha value is -0.220. The van der Waals surface area contributed by atoms with Crippen LogP contribution in [0.2, 0.25) is 0 Å². The van der Waals surface area contributed by atoms with Crippen LogP contribution in [0.3, 0.4) is 0 Å². The zero-order chi connectivity index (χ0) is 13.3. The second-order valence-electron chi connectivity index (χ2n) is 6.31. The first-order valence-electron chi connectivity index (χ1n) is 7.16. The lowest BCUT2D eigenvalue weighted by atomic mass is 9.96. The highest BCUT2D eigenvalue weighted by molar-refractivity contribution is 8.00. The molecule has 3 atom stereocenters. The van der Waals surface area contributed by atoms with E-state index in [1.807, 2.05) is 11.8 Å². The highest BCUT2D eigenvalue weighted by Crippen LogP contribution is 2.41. The maximum Gasteiger partial charge on any atom is 0.237 e. The number of hydrogen-bond donors (Lipinski definition) is 2. The van der Waals surface area contributed by atoms with Crippen LogP contribution in [0.5, 0.6) is 0 Å². The van der Waals surface area contributed by atoms with Gasteiger partial charge in [0, 0.05) is 16.5 Å². The number of nitrogens with one attached hydrogen (secondary N) is 1. The Bertz CT molecular complexity index is 317. The zero-order valence-corrected chi connectivity index (χ0v) is 12.6. The normalized spacial score (nSPS) is 33.9. The number of nitrogens with two attached hydrogens (primary N) is 1. The molecule has 3 nitrogen and oxygen atoms in total. The smallest absolute Gasteiger partial charge is 0.237 e. The third-order valence-electron chi connectivity index (χ3n) is 4.34. The van der Waals surface area contributed by atoms with Crippen LogP contribution >= 0.6 is 11.8 Å². The Morgan fingerprint density at radius 2 is 2.00 bits per heavy atom. The molecule has 104 valence electrons. The molecule has 3 N–H and O–H groups in total. The molecule has 0 aromatic carbocycles. The average molecular weight is 270 g/mol. The minimum atomic E-state index is -0.407. The molecule has 2 aliphatic carbocycles. The van der Waals surface area contributed by atoms with E-state index in [-0.39, 0.29) is 5.91 Å². The van der Waals surface area contributed by atoms with Crippen molar-refractivity contribution >= 4 is 17.7 Å². The summed E-state index contributed by atoms with van der Waals surface area (Å²) in [6.07, 6.45) is 5.36. The van der Waals surface area contributed by atoms with Crippen molar-refractivity contribution in [2.45, 2.75) is 75.0 Å². The maximum absolute atomic E-state index is 11.8. The van der Waals surface area contributed by atoms with E-state index in [1.54, 1.807) is 0 Å². The summed E-state index contributed by atoms with van der Waals surface area (Å²) in [5.74, 6) is 0.546. The van der Waals surface area contributed by atoms with E-state index >= 15 is 0 Å². The van der Waals surface area contributed by atoms with Crippen molar-refractivity contribution in [2.75, 3.05) is 0 Å². The van der Waals surface area contributed by atoms with Gasteiger partial charge in [-0.05, 0) is 38.0 Å². The van der Waals surface area contributed by atoms with Crippen molar-refractivity contribution in [1.29, 1.82) is 0 Å². The molecule has 1 amide bonds. The maximum atomic E-state index is 11.8. The molecule has 0 heterocycles. The fourth-order valence-electron chi connectivity index (χ4n) is 2.62. The number of hydrogen-bond acceptors (Lipinski definition) is 3. The number of rotatable bonds is 6. The summed E-state index contributed by atoms with van der Waals surface area (Å²) in [4.78, 5) is 11.8. The van der Waals surface area contributed by atoms with E-state index in [0.717, 1.165) is 19.3 Å². The van der Waals surface area contributed by atoms with E-state index in [9.17, 15) is 4.79 Å². The Kier molecular flexibility index (Phi) is 4.27. The SMILES string of the molecule is CC(C)C(C)SC1CCC(NC2CC2)(C(N)=O)C1. The molecule has 2 fully saturated rings. The van der Waals surface area contributed by atoms with Crippen LogP contribution in [0.25, 0.3) is 0 Å². The van der Waals surface area contributed by atoms with Gasteiger partial charge in [0.15, 0.2) is 0 Å². The lowest BCUT2D eigenvalue weighted by Gasteiger charge is -2.28. The highest BCUT2D eigenvalue weighted by Gasteiger charge is 2.47. The molecule has 0 aliphatic heterocycles. The summed E-state index contributed by atoms with van der Waals surface area (Å²) < 4.78 is 0. The number of carbonyl (C=O) groups is 1. The summed E-state index contributed by atoms with van der Waals surface area (Å²) >= 11 is 2.03. The molecule has 4 heteroatoms. The monoisotopic (exact) mass is 270 g/mol. The van der Waals surface area contributed by atoms with Crippen LogP contribution in [-0.4, -0.2) is 28.0 Å². The van der Waals surface area contributed by atoms with E-state index in [0.29, 0.717) is 22.5 Å². The first-order chi connectivity index (χ1) is 8.43. The van der Waals surface area contributed by atoms with Crippen LogP contribution in [0, 0.1) is 5.92 Å². The molecule has 0 aromatic rings. The van der Waals surface area contributed by atoms with Crippen molar-refractivity contribution in [3.63, 3.8) is 0 Å². The molecule has 2 saturated carbocycles. The Morgan fingerprint density at radius 1 is 1.33 bits per heavy atom. The number of amides is 1. The first kappa shape index (κ1) is 14.2. The number of carbonyl (C=O) groups excluding carboxylic acids is 1. The van der Waals surface area contributed by atoms with Crippen LogP contribution in [0.1, 0.15) is 52.9 Å². The summed E-state index contributed by atoms with van der Waals surface area (Å²) in [6, 6.07) is 0.545. The quantitative estimate of drug-likeness (QED) is 0.778. The van der Waals surface area contributed by atoms with Crippen LogP contribution in [0.15, 0.2) is 0 Å². The summed E-state index contributed by atoms with van der Waals surface area (Å²) in [5.41, 5.74) is 5.24. The van der Waals surface area contributed by atoms with Crippen molar-refractivity contribution in [1.82, 2.24) is 5.32 Å². The molecule has 0 saturated heterocycles. The summed E-state index contributed by atoms with van der Waals surface area (Å²) in [5, 5.41) is 4.75. The predicted molar refractivity (Wildman–Crippen MR) is 77.6 cm³/mol. The molecule has 0 spiro atoms. The van der Waals surface area contributed by atoms with Gasteiger partial charge >= 0.3 is 0 Å². The van der Waals surface area contributed by atoms with Crippen molar-refractivity contribution in [3.8, 4) is 0 Å². The van der Waals surface area contributed by atoms with Crippen LogP contribution in [0.4, 0.5) is 0 Å². The second kappa shape index (κ2) is 5.41. The predicted octanol–water partition coefficient (Wildman–Crippen LogP) is 2.29. The molecule has 0 aromatic heterocycles. The average Bonchev–Trinajstić information content (AvgIpc) is 2.99. The first-order valence-corrected chi connectivity index (χ1v) is 8.10. The Labute approximate surface area is 115 Å². The lowest BCUT2D eigenvalue weighted by molar-refractivity contribution is -0.124. The van der Waals surface area contributed by atoms with Crippen molar-refractivity contribution in [2.24, 2.45) is 11.7 Å². The van der Waals surface area contributed by atoms with Gasteiger partial charge in [0.25, 0.3) is 0 Å².